The van der Waals surface area contributed by atoms with Crippen LogP contribution in [0.5, 0.6) is 0 Å². The highest BCUT2D eigenvalue weighted by molar-refractivity contribution is 7.80. The highest BCUT2D eigenvalue weighted by Gasteiger charge is 2.35. The molecule has 1 aromatic rings. The first kappa shape index (κ1) is 14.7. The summed E-state index contributed by atoms with van der Waals surface area (Å²) in [5, 5.41) is 3.17. The third-order valence-electron chi connectivity index (χ3n) is 4.54. The SMILES string of the molecule is NC(=S)c1ccc(NC2CCN3CCCCC23)c(F)c1F. The van der Waals surface area contributed by atoms with Crippen LogP contribution in [-0.2, 0) is 0 Å². The first-order chi connectivity index (χ1) is 10.1. The van der Waals surface area contributed by atoms with Crippen LogP contribution in [0.25, 0.3) is 0 Å². The summed E-state index contributed by atoms with van der Waals surface area (Å²) >= 11 is 4.72. The van der Waals surface area contributed by atoms with Gasteiger partial charge in [-0.1, -0.05) is 18.6 Å². The number of piperidine rings is 1. The number of rotatable bonds is 3. The van der Waals surface area contributed by atoms with Gasteiger partial charge in [-0.25, -0.2) is 8.78 Å². The van der Waals surface area contributed by atoms with E-state index in [1.807, 2.05) is 0 Å². The highest BCUT2D eigenvalue weighted by atomic mass is 32.1. The zero-order valence-electron chi connectivity index (χ0n) is 11.7. The van der Waals surface area contributed by atoms with Crippen LogP contribution in [0.15, 0.2) is 12.1 Å². The minimum Gasteiger partial charge on any atom is -0.389 e. The number of anilines is 1. The average molecular weight is 311 g/mol. The highest BCUT2D eigenvalue weighted by Crippen LogP contribution is 2.30. The minimum absolute atomic E-state index is 0.0428. The first-order valence-corrected chi connectivity index (χ1v) is 7.77. The van der Waals surface area contributed by atoms with Crippen molar-refractivity contribution in [2.45, 2.75) is 37.8 Å². The molecule has 0 saturated carbocycles. The Hall–Kier alpha value is -1.27. The number of nitrogens with one attached hydrogen (secondary N) is 1. The Morgan fingerprint density at radius 3 is 2.76 bits per heavy atom. The van der Waals surface area contributed by atoms with Crippen molar-refractivity contribution < 1.29 is 8.78 Å². The number of fused-ring (bicyclic) bond motifs is 1. The van der Waals surface area contributed by atoms with E-state index in [0.29, 0.717) is 6.04 Å². The maximum Gasteiger partial charge on any atom is 0.182 e. The topological polar surface area (TPSA) is 41.3 Å². The second-order valence-corrected chi connectivity index (χ2v) is 6.23. The van der Waals surface area contributed by atoms with Gasteiger partial charge in [-0.15, -0.1) is 0 Å². The molecule has 0 radical (unpaired) electrons. The number of benzene rings is 1. The zero-order valence-corrected chi connectivity index (χ0v) is 12.6. The van der Waals surface area contributed by atoms with Gasteiger partial charge in [-0.05, 0) is 37.9 Å². The molecule has 2 saturated heterocycles. The molecule has 0 aromatic heterocycles. The molecule has 2 aliphatic rings. The lowest BCUT2D eigenvalue weighted by molar-refractivity contribution is 0.192. The van der Waals surface area contributed by atoms with E-state index in [4.69, 9.17) is 18.0 Å². The Morgan fingerprint density at radius 1 is 1.19 bits per heavy atom. The van der Waals surface area contributed by atoms with Crippen LogP contribution in [-0.4, -0.2) is 35.1 Å². The summed E-state index contributed by atoms with van der Waals surface area (Å²) in [5.74, 6) is -1.86. The standard InChI is InChI=1S/C15H19F2N3S/c16-13-9(15(18)21)4-5-11(14(13)17)19-10-6-8-20-7-2-1-3-12(10)20/h4-5,10,12,19H,1-3,6-8H2,(H2,18,21). The smallest absolute Gasteiger partial charge is 0.182 e. The Morgan fingerprint density at radius 2 is 2.00 bits per heavy atom. The van der Waals surface area contributed by atoms with Crippen molar-refractivity contribution in [3.63, 3.8) is 0 Å². The van der Waals surface area contributed by atoms with E-state index >= 15 is 0 Å². The summed E-state index contributed by atoms with van der Waals surface area (Å²) in [5.41, 5.74) is 5.54. The molecule has 3 rings (SSSR count). The van der Waals surface area contributed by atoms with Gasteiger partial charge < -0.3 is 11.1 Å². The van der Waals surface area contributed by atoms with Gasteiger partial charge in [0.05, 0.1) is 5.69 Å². The predicted octanol–water partition coefficient (Wildman–Crippen LogP) is 2.64. The van der Waals surface area contributed by atoms with E-state index in [1.54, 1.807) is 0 Å². The molecule has 2 aliphatic heterocycles. The van der Waals surface area contributed by atoms with Gasteiger partial charge in [0.15, 0.2) is 11.6 Å². The molecule has 2 atom stereocenters. The third kappa shape index (κ3) is 2.74. The molecular weight excluding hydrogens is 292 g/mol. The van der Waals surface area contributed by atoms with Gasteiger partial charge in [0.25, 0.3) is 0 Å². The summed E-state index contributed by atoms with van der Waals surface area (Å²) < 4.78 is 28.1. The van der Waals surface area contributed by atoms with Crippen molar-refractivity contribution >= 4 is 22.9 Å². The van der Waals surface area contributed by atoms with Gasteiger partial charge in [-0.3, -0.25) is 4.90 Å². The molecule has 2 unspecified atom stereocenters. The third-order valence-corrected chi connectivity index (χ3v) is 4.76. The molecule has 21 heavy (non-hydrogen) atoms. The second kappa shape index (κ2) is 5.85. The number of nitrogens with zero attached hydrogens (tertiary/aromatic N) is 1. The fraction of sp³-hybridized carbons (Fsp3) is 0.533. The van der Waals surface area contributed by atoms with E-state index in [0.717, 1.165) is 25.9 Å². The summed E-state index contributed by atoms with van der Waals surface area (Å²) in [6.07, 6.45) is 4.51. The van der Waals surface area contributed by atoms with E-state index < -0.39 is 11.6 Å². The lowest BCUT2D eigenvalue weighted by Crippen LogP contribution is -2.41. The molecule has 2 heterocycles. The lowest BCUT2D eigenvalue weighted by atomic mass is 9.98. The first-order valence-electron chi connectivity index (χ1n) is 7.36. The van der Waals surface area contributed by atoms with Crippen molar-refractivity contribution in [3.8, 4) is 0 Å². The minimum atomic E-state index is -0.967. The predicted molar refractivity (Wildman–Crippen MR) is 83.5 cm³/mol. The van der Waals surface area contributed by atoms with Crippen molar-refractivity contribution in [2.24, 2.45) is 5.73 Å². The largest absolute Gasteiger partial charge is 0.389 e. The van der Waals surface area contributed by atoms with Gasteiger partial charge >= 0.3 is 0 Å². The Labute approximate surface area is 128 Å². The van der Waals surface area contributed by atoms with Crippen molar-refractivity contribution in [1.29, 1.82) is 0 Å². The van der Waals surface area contributed by atoms with Crippen molar-refractivity contribution in [2.75, 3.05) is 18.4 Å². The van der Waals surface area contributed by atoms with Crippen LogP contribution < -0.4 is 11.1 Å². The van der Waals surface area contributed by atoms with E-state index in [9.17, 15) is 8.78 Å². The molecule has 3 N–H and O–H groups in total. The summed E-state index contributed by atoms with van der Waals surface area (Å²) in [6, 6.07) is 3.57. The fourth-order valence-corrected chi connectivity index (χ4v) is 3.62. The number of hydrogen-bond donors (Lipinski definition) is 2. The number of nitrogens with two attached hydrogens (primary N) is 1. The maximum atomic E-state index is 14.1. The van der Waals surface area contributed by atoms with Gasteiger partial charge in [0.2, 0.25) is 0 Å². The number of thiocarbonyl (C=S) groups is 1. The van der Waals surface area contributed by atoms with Crippen LogP contribution >= 0.6 is 12.2 Å². The van der Waals surface area contributed by atoms with E-state index in [1.165, 1.54) is 25.0 Å². The van der Waals surface area contributed by atoms with Crippen molar-refractivity contribution in [1.82, 2.24) is 4.90 Å². The van der Waals surface area contributed by atoms with Crippen LogP contribution in [0.1, 0.15) is 31.2 Å². The quantitative estimate of drug-likeness (QED) is 0.842. The Kier molecular flexibility index (Phi) is 4.08. The summed E-state index contributed by atoms with van der Waals surface area (Å²) in [6.45, 7) is 2.14. The monoisotopic (exact) mass is 311 g/mol. The summed E-state index contributed by atoms with van der Waals surface area (Å²) in [4.78, 5) is 2.32. The van der Waals surface area contributed by atoms with Crippen molar-refractivity contribution in [3.05, 3.63) is 29.3 Å². The van der Waals surface area contributed by atoms with Gasteiger partial charge in [0, 0.05) is 24.2 Å². The normalized spacial score (nSPS) is 25.6. The van der Waals surface area contributed by atoms with Crippen LogP contribution in [0, 0.1) is 11.6 Å². The van der Waals surface area contributed by atoms with E-state index in [2.05, 4.69) is 10.2 Å². The van der Waals surface area contributed by atoms with E-state index in [-0.39, 0.29) is 22.3 Å². The molecule has 6 heteroatoms. The lowest BCUT2D eigenvalue weighted by Gasteiger charge is -2.33. The molecule has 2 fully saturated rings. The molecule has 0 aliphatic carbocycles. The van der Waals surface area contributed by atoms with Gasteiger partial charge in [0.1, 0.15) is 4.99 Å². The van der Waals surface area contributed by atoms with Gasteiger partial charge in [-0.2, -0.15) is 0 Å². The molecule has 1 aromatic carbocycles. The fourth-order valence-electron chi connectivity index (χ4n) is 3.47. The molecule has 0 bridgehead atoms. The Bertz CT molecular complexity index is 564. The average Bonchev–Trinajstić information content (AvgIpc) is 2.87. The zero-order chi connectivity index (χ0) is 15.0. The summed E-state index contributed by atoms with van der Waals surface area (Å²) in [7, 11) is 0. The second-order valence-electron chi connectivity index (χ2n) is 5.79. The van der Waals surface area contributed by atoms with Crippen LogP contribution in [0.3, 0.4) is 0 Å². The Balaban J connectivity index is 1.79. The molecule has 0 spiro atoms. The van der Waals surface area contributed by atoms with Crippen LogP contribution in [0.4, 0.5) is 14.5 Å². The maximum absolute atomic E-state index is 14.1. The number of hydrogen-bond acceptors (Lipinski definition) is 3. The molecule has 114 valence electrons. The number of halogens is 2. The van der Waals surface area contributed by atoms with Crippen LogP contribution in [0.2, 0.25) is 0 Å². The molecule has 3 nitrogen and oxygen atoms in total. The molecular formula is C15H19F2N3S. The molecule has 0 amide bonds.